The number of hydrogen-bond donors (Lipinski definition) is 1. The summed E-state index contributed by atoms with van der Waals surface area (Å²) in [5.74, 6) is 0. The Bertz CT molecular complexity index is 170. The minimum Gasteiger partial charge on any atom is -0.379 e. The quantitative estimate of drug-likeness (QED) is 0.669. The summed E-state index contributed by atoms with van der Waals surface area (Å²) in [7, 11) is 0. The van der Waals surface area contributed by atoms with E-state index in [0.29, 0.717) is 12.1 Å². The van der Waals surface area contributed by atoms with Crippen LogP contribution in [0.1, 0.15) is 12.8 Å². The predicted molar refractivity (Wildman–Crippen MR) is 54.2 cm³/mol. The highest BCUT2D eigenvalue weighted by atomic mass is 16.5. The van der Waals surface area contributed by atoms with Crippen LogP contribution in [-0.2, 0) is 9.47 Å². The van der Waals surface area contributed by atoms with Crippen LogP contribution in [0.3, 0.4) is 0 Å². The molecular weight excluding hydrogens is 180 g/mol. The van der Waals surface area contributed by atoms with Crippen molar-refractivity contribution < 1.29 is 9.47 Å². The van der Waals surface area contributed by atoms with Gasteiger partial charge in [0.05, 0.1) is 19.3 Å². The average molecular weight is 200 g/mol. The van der Waals surface area contributed by atoms with E-state index in [2.05, 4.69) is 4.90 Å². The monoisotopic (exact) mass is 200 g/mol. The van der Waals surface area contributed by atoms with Gasteiger partial charge in [-0.05, 0) is 12.8 Å². The second kappa shape index (κ2) is 5.07. The van der Waals surface area contributed by atoms with E-state index in [-0.39, 0.29) is 0 Å². The van der Waals surface area contributed by atoms with Gasteiger partial charge in [0.15, 0.2) is 0 Å². The number of likely N-dealkylation sites (tertiary alicyclic amines) is 1. The van der Waals surface area contributed by atoms with Gasteiger partial charge < -0.3 is 15.2 Å². The van der Waals surface area contributed by atoms with Gasteiger partial charge in [0.25, 0.3) is 0 Å². The Kier molecular flexibility index (Phi) is 3.75. The van der Waals surface area contributed by atoms with E-state index in [1.54, 1.807) is 0 Å². The highest BCUT2D eigenvalue weighted by Gasteiger charge is 2.26. The maximum Gasteiger partial charge on any atom is 0.0831 e. The molecule has 2 rings (SSSR count). The molecule has 0 aromatic rings. The molecule has 0 aromatic carbocycles. The molecule has 0 saturated carbocycles. The number of hydrogen-bond acceptors (Lipinski definition) is 4. The average Bonchev–Trinajstić information content (AvgIpc) is 2.64. The molecular formula is C10H20N2O2. The molecule has 14 heavy (non-hydrogen) atoms. The molecule has 2 fully saturated rings. The molecule has 2 aliphatic heterocycles. The van der Waals surface area contributed by atoms with Gasteiger partial charge >= 0.3 is 0 Å². The van der Waals surface area contributed by atoms with Crippen molar-refractivity contribution in [3.8, 4) is 0 Å². The Labute approximate surface area is 85.3 Å². The van der Waals surface area contributed by atoms with E-state index in [9.17, 15) is 0 Å². The lowest BCUT2D eigenvalue weighted by Gasteiger charge is -2.40. The van der Waals surface area contributed by atoms with E-state index >= 15 is 0 Å². The van der Waals surface area contributed by atoms with Crippen molar-refractivity contribution in [2.45, 2.75) is 25.0 Å². The lowest BCUT2D eigenvalue weighted by atomic mass is 10.0. The molecule has 0 aliphatic carbocycles. The Hall–Kier alpha value is -0.160. The third-order valence-electron chi connectivity index (χ3n) is 3.16. The van der Waals surface area contributed by atoms with E-state index in [0.717, 1.165) is 39.3 Å². The van der Waals surface area contributed by atoms with Crippen LogP contribution < -0.4 is 5.73 Å². The second-order valence-corrected chi connectivity index (χ2v) is 4.07. The first-order valence-corrected chi connectivity index (χ1v) is 5.53. The molecule has 4 heteroatoms. The smallest absolute Gasteiger partial charge is 0.0831 e. The van der Waals surface area contributed by atoms with Crippen molar-refractivity contribution in [2.24, 2.45) is 5.73 Å². The molecule has 2 atom stereocenters. The van der Waals surface area contributed by atoms with Crippen molar-refractivity contribution in [1.29, 1.82) is 0 Å². The molecule has 82 valence electrons. The number of rotatable bonds is 5. The Morgan fingerprint density at radius 2 is 2.36 bits per heavy atom. The second-order valence-electron chi connectivity index (χ2n) is 4.07. The van der Waals surface area contributed by atoms with Crippen LogP contribution >= 0.6 is 0 Å². The van der Waals surface area contributed by atoms with E-state index in [1.165, 1.54) is 13.0 Å². The zero-order valence-electron chi connectivity index (χ0n) is 8.65. The third-order valence-corrected chi connectivity index (χ3v) is 3.16. The van der Waals surface area contributed by atoms with Gasteiger partial charge in [-0.2, -0.15) is 0 Å². The van der Waals surface area contributed by atoms with Crippen LogP contribution in [0.2, 0.25) is 0 Å². The van der Waals surface area contributed by atoms with Crippen LogP contribution in [0.5, 0.6) is 0 Å². The topological polar surface area (TPSA) is 47.7 Å². The maximum atomic E-state index is 5.69. The Morgan fingerprint density at radius 1 is 1.43 bits per heavy atom. The molecule has 0 bridgehead atoms. The molecule has 4 nitrogen and oxygen atoms in total. The van der Waals surface area contributed by atoms with Gasteiger partial charge in [0.2, 0.25) is 0 Å². The van der Waals surface area contributed by atoms with Crippen LogP contribution in [0.25, 0.3) is 0 Å². The van der Waals surface area contributed by atoms with Gasteiger partial charge in [-0.3, -0.25) is 4.90 Å². The van der Waals surface area contributed by atoms with Crippen molar-refractivity contribution in [1.82, 2.24) is 4.90 Å². The molecule has 0 spiro atoms. The van der Waals surface area contributed by atoms with Crippen LogP contribution in [-0.4, -0.2) is 56.5 Å². The van der Waals surface area contributed by atoms with E-state index < -0.39 is 0 Å². The van der Waals surface area contributed by atoms with Gasteiger partial charge in [-0.15, -0.1) is 0 Å². The summed E-state index contributed by atoms with van der Waals surface area (Å²) < 4.78 is 10.9. The third kappa shape index (κ3) is 2.45. The molecule has 0 aromatic heterocycles. The summed E-state index contributed by atoms with van der Waals surface area (Å²) >= 11 is 0. The zero-order valence-corrected chi connectivity index (χ0v) is 8.65. The van der Waals surface area contributed by atoms with Gasteiger partial charge in [-0.1, -0.05) is 0 Å². The lowest BCUT2D eigenvalue weighted by Crippen LogP contribution is -2.52. The first-order valence-electron chi connectivity index (χ1n) is 5.53. The summed E-state index contributed by atoms with van der Waals surface area (Å²) in [5, 5.41) is 0. The first kappa shape index (κ1) is 10.4. The largest absolute Gasteiger partial charge is 0.379 e. The SMILES string of the molecule is NCC1CCN1CCOC1CCOC1. The first-order chi connectivity index (χ1) is 6.90. The van der Waals surface area contributed by atoms with Crippen molar-refractivity contribution in [2.75, 3.05) is 39.5 Å². The van der Waals surface area contributed by atoms with Crippen molar-refractivity contribution in [3.63, 3.8) is 0 Å². The predicted octanol–water partition coefficient (Wildman–Crippen LogP) is -0.175. The molecule has 2 aliphatic rings. The summed E-state index contributed by atoms with van der Waals surface area (Å²) in [6, 6.07) is 0.610. The van der Waals surface area contributed by atoms with E-state index in [4.69, 9.17) is 15.2 Å². The van der Waals surface area contributed by atoms with Gasteiger partial charge in [0.1, 0.15) is 0 Å². The Morgan fingerprint density at radius 3 is 2.93 bits per heavy atom. The number of ether oxygens (including phenoxy) is 2. The normalized spacial score (nSPS) is 33.2. The van der Waals surface area contributed by atoms with Crippen molar-refractivity contribution in [3.05, 3.63) is 0 Å². The van der Waals surface area contributed by atoms with Crippen molar-refractivity contribution >= 4 is 0 Å². The molecule has 2 saturated heterocycles. The fraction of sp³-hybridized carbons (Fsp3) is 1.00. The Balaban J connectivity index is 1.54. The lowest BCUT2D eigenvalue weighted by molar-refractivity contribution is 0.00447. The van der Waals surface area contributed by atoms with E-state index in [1.807, 2.05) is 0 Å². The maximum absolute atomic E-state index is 5.69. The highest BCUT2D eigenvalue weighted by Crippen LogP contribution is 2.15. The summed E-state index contributed by atoms with van der Waals surface area (Å²) in [6.07, 6.45) is 2.65. The number of nitrogens with two attached hydrogens (primary N) is 1. The molecule has 2 unspecified atom stereocenters. The number of nitrogens with zero attached hydrogens (tertiary/aromatic N) is 1. The standard InChI is InChI=1S/C10H20N2O2/c11-7-9-1-3-12(9)4-6-14-10-2-5-13-8-10/h9-10H,1-8,11H2. The van der Waals surface area contributed by atoms with Crippen LogP contribution in [0, 0.1) is 0 Å². The zero-order chi connectivity index (χ0) is 9.80. The molecule has 2 N–H and O–H groups in total. The highest BCUT2D eigenvalue weighted by molar-refractivity contribution is 4.82. The molecule has 0 radical (unpaired) electrons. The fourth-order valence-electron chi connectivity index (χ4n) is 2.04. The van der Waals surface area contributed by atoms with Gasteiger partial charge in [0, 0.05) is 32.3 Å². The van der Waals surface area contributed by atoms with Crippen LogP contribution in [0.15, 0.2) is 0 Å². The summed E-state index contributed by atoms with van der Waals surface area (Å²) in [5.41, 5.74) is 5.62. The minimum atomic E-state index is 0.340. The summed E-state index contributed by atoms with van der Waals surface area (Å²) in [6.45, 7) is 5.46. The molecule has 0 amide bonds. The molecule has 2 heterocycles. The summed E-state index contributed by atoms with van der Waals surface area (Å²) in [4.78, 5) is 2.40. The van der Waals surface area contributed by atoms with Crippen LogP contribution in [0.4, 0.5) is 0 Å². The fourth-order valence-corrected chi connectivity index (χ4v) is 2.04. The van der Waals surface area contributed by atoms with Gasteiger partial charge in [-0.25, -0.2) is 0 Å². The minimum absolute atomic E-state index is 0.340.